The number of imidazole rings is 1. The summed E-state index contributed by atoms with van der Waals surface area (Å²) in [6, 6.07) is 7.86. The predicted molar refractivity (Wildman–Crippen MR) is 109 cm³/mol. The van der Waals surface area contributed by atoms with E-state index < -0.39 is 0 Å². The van der Waals surface area contributed by atoms with Gasteiger partial charge in [0.25, 0.3) is 5.56 Å². The van der Waals surface area contributed by atoms with Crippen molar-refractivity contribution in [2.45, 2.75) is 33.9 Å². The monoisotopic (exact) mass is 383 g/mol. The van der Waals surface area contributed by atoms with Gasteiger partial charge in [-0.2, -0.15) is 4.98 Å². The Morgan fingerprint density at radius 2 is 1.86 bits per heavy atom. The average molecular weight is 383 g/mol. The van der Waals surface area contributed by atoms with Crippen LogP contribution in [0.4, 0.5) is 11.6 Å². The fourth-order valence-corrected chi connectivity index (χ4v) is 3.89. The molecule has 1 aliphatic heterocycles. The van der Waals surface area contributed by atoms with Crippen LogP contribution in [0.2, 0.25) is 0 Å². The summed E-state index contributed by atoms with van der Waals surface area (Å²) < 4.78 is 10.2. The molecule has 8 nitrogen and oxygen atoms in total. The first kappa shape index (κ1) is 18.3. The Balaban J connectivity index is 1.92. The number of aryl methyl sites for hydroxylation is 1. The van der Waals surface area contributed by atoms with Crippen molar-refractivity contribution in [3.63, 3.8) is 0 Å². The van der Waals surface area contributed by atoms with Gasteiger partial charge in [0.15, 0.2) is 11.2 Å². The molecule has 148 valence electrons. The lowest BCUT2D eigenvalue weighted by atomic mass is 10.1. The van der Waals surface area contributed by atoms with E-state index >= 15 is 0 Å². The molecule has 0 spiro atoms. The Morgan fingerprint density at radius 3 is 2.50 bits per heavy atom. The largest absolute Gasteiger partial charge is 0.494 e. The van der Waals surface area contributed by atoms with Crippen LogP contribution in [0.15, 0.2) is 33.9 Å². The topological polar surface area (TPSA) is 74.3 Å². The lowest BCUT2D eigenvalue weighted by Crippen LogP contribution is -2.40. The molecule has 1 aliphatic rings. The van der Waals surface area contributed by atoms with Gasteiger partial charge >= 0.3 is 5.69 Å². The zero-order chi connectivity index (χ0) is 20.0. The van der Waals surface area contributed by atoms with Crippen molar-refractivity contribution in [2.75, 3.05) is 18.1 Å². The fraction of sp³-hybridized carbons (Fsp3) is 0.450. The first-order valence-corrected chi connectivity index (χ1v) is 9.66. The highest BCUT2D eigenvalue weighted by atomic mass is 16.5. The molecule has 1 atom stereocenters. The molecule has 3 heterocycles. The summed E-state index contributed by atoms with van der Waals surface area (Å²) in [7, 11) is 1.67. The van der Waals surface area contributed by atoms with Crippen LogP contribution in [-0.2, 0) is 20.1 Å². The Kier molecular flexibility index (Phi) is 4.49. The Hall–Kier alpha value is -3.03. The normalized spacial score (nSPS) is 16.4. The number of anilines is 2. The molecule has 0 fully saturated rings. The molecule has 4 rings (SSSR count). The van der Waals surface area contributed by atoms with Crippen molar-refractivity contribution in [3.8, 4) is 5.75 Å². The molecule has 0 N–H and O–H groups in total. The molecular weight excluding hydrogens is 358 g/mol. The number of nitrogens with zero attached hydrogens (tertiary/aromatic N) is 5. The van der Waals surface area contributed by atoms with Crippen molar-refractivity contribution in [3.05, 3.63) is 45.1 Å². The summed E-state index contributed by atoms with van der Waals surface area (Å²) in [6.07, 6.45) is 0. The minimum Gasteiger partial charge on any atom is -0.494 e. The zero-order valence-corrected chi connectivity index (χ0v) is 16.7. The highest BCUT2D eigenvalue weighted by Crippen LogP contribution is 2.33. The molecule has 0 bridgehead atoms. The first-order valence-electron chi connectivity index (χ1n) is 9.66. The van der Waals surface area contributed by atoms with E-state index in [4.69, 9.17) is 9.72 Å². The molecular formula is C20H25N5O3. The van der Waals surface area contributed by atoms with Gasteiger partial charge in [-0.1, -0.05) is 6.92 Å². The van der Waals surface area contributed by atoms with Gasteiger partial charge in [-0.05, 0) is 44.0 Å². The Labute approximate surface area is 162 Å². The summed E-state index contributed by atoms with van der Waals surface area (Å²) in [5.41, 5.74) is 1.28. The maximum Gasteiger partial charge on any atom is 0.332 e. The highest BCUT2D eigenvalue weighted by molar-refractivity contribution is 5.77. The maximum absolute atomic E-state index is 13.0. The lowest BCUT2D eigenvalue weighted by molar-refractivity contribution is 0.340. The second-order valence-electron chi connectivity index (χ2n) is 7.23. The van der Waals surface area contributed by atoms with Gasteiger partial charge in [-0.3, -0.25) is 13.9 Å². The second-order valence-corrected chi connectivity index (χ2v) is 7.23. The predicted octanol–water partition coefficient (Wildman–Crippen LogP) is 2.10. The van der Waals surface area contributed by atoms with E-state index in [0.717, 1.165) is 18.0 Å². The van der Waals surface area contributed by atoms with Crippen molar-refractivity contribution in [1.82, 2.24) is 18.7 Å². The number of fused-ring (bicyclic) bond motifs is 3. The molecule has 1 aromatic carbocycles. The molecule has 0 saturated heterocycles. The van der Waals surface area contributed by atoms with Crippen molar-refractivity contribution in [1.29, 1.82) is 0 Å². The van der Waals surface area contributed by atoms with Gasteiger partial charge in [0.2, 0.25) is 5.95 Å². The van der Waals surface area contributed by atoms with Crippen molar-refractivity contribution in [2.24, 2.45) is 13.0 Å². The summed E-state index contributed by atoms with van der Waals surface area (Å²) in [5, 5.41) is 0. The molecule has 0 saturated carbocycles. The van der Waals surface area contributed by atoms with E-state index in [-0.39, 0.29) is 11.2 Å². The van der Waals surface area contributed by atoms with Crippen molar-refractivity contribution < 1.29 is 4.74 Å². The van der Waals surface area contributed by atoms with Crippen LogP contribution in [0.1, 0.15) is 20.8 Å². The quantitative estimate of drug-likeness (QED) is 0.690. The number of hydrogen-bond acceptors (Lipinski definition) is 5. The number of aromatic nitrogens is 4. The minimum absolute atomic E-state index is 0.278. The summed E-state index contributed by atoms with van der Waals surface area (Å²) >= 11 is 0. The van der Waals surface area contributed by atoms with E-state index in [2.05, 4.69) is 11.8 Å². The van der Waals surface area contributed by atoms with Crippen LogP contribution in [0.25, 0.3) is 11.2 Å². The van der Waals surface area contributed by atoms with Gasteiger partial charge in [0.05, 0.1) is 6.61 Å². The minimum atomic E-state index is -0.337. The van der Waals surface area contributed by atoms with Gasteiger partial charge in [-0.15, -0.1) is 0 Å². The smallest absolute Gasteiger partial charge is 0.332 e. The molecule has 8 heteroatoms. The SMILES string of the molecule is CCOc1ccc(N2C[C@H](C)Cn3c2nc2c3c(=O)n(CC)c(=O)n2C)cc1. The zero-order valence-electron chi connectivity index (χ0n) is 16.7. The van der Waals surface area contributed by atoms with E-state index in [0.29, 0.717) is 42.7 Å². The molecule has 2 aromatic heterocycles. The summed E-state index contributed by atoms with van der Waals surface area (Å²) in [5.74, 6) is 1.83. The van der Waals surface area contributed by atoms with E-state index in [1.165, 1.54) is 9.13 Å². The summed E-state index contributed by atoms with van der Waals surface area (Å²) in [6.45, 7) is 8.33. The van der Waals surface area contributed by atoms with E-state index in [9.17, 15) is 9.59 Å². The van der Waals surface area contributed by atoms with Crippen LogP contribution in [0.3, 0.4) is 0 Å². The third-order valence-electron chi connectivity index (χ3n) is 5.22. The first-order chi connectivity index (χ1) is 13.5. The Bertz CT molecular complexity index is 1140. The molecule has 3 aromatic rings. The molecule has 0 amide bonds. The molecule has 0 unspecified atom stereocenters. The second kappa shape index (κ2) is 6.85. The standard InChI is InChI=1S/C20H25N5O3/c1-5-23-18(26)16-17(22(4)20(23)27)21-19-24(11-13(3)12-25(16)19)14-7-9-15(10-8-14)28-6-2/h7-10,13H,5-6,11-12H2,1-4H3/t13-/m0/s1. The van der Waals surface area contributed by atoms with Gasteiger partial charge in [0.1, 0.15) is 5.75 Å². The van der Waals surface area contributed by atoms with Crippen LogP contribution in [-0.4, -0.2) is 31.8 Å². The number of rotatable bonds is 4. The average Bonchev–Trinajstić information content (AvgIpc) is 3.06. The van der Waals surface area contributed by atoms with Crippen molar-refractivity contribution >= 4 is 22.8 Å². The lowest BCUT2D eigenvalue weighted by Gasteiger charge is -2.33. The third kappa shape index (κ3) is 2.71. The molecule has 0 radical (unpaired) electrons. The summed E-state index contributed by atoms with van der Waals surface area (Å²) in [4.78, 5) is 32.3. The van der Waals surface area contributed by atoms with Gasteiger partial charge < -0.3 is 14.2 Å². The van der Waals surface area contributed by atoms with Gasteiger partial charge in [-0.25, -0.2) is 4.79 Å². The van der Waals surface area contributed by atoms with Crippen LogP contribution in [0.5, 0.6) is 5.75 Å². The number of ether oxygens (including phenoxy) is 1. The fourth-order valence-electron chi connectivity index (χ4n) is 3.89. The van der Waals surface area contributed by atoms with Gasteiger partial charge in [0, 0.05) is 32.4 Å². The molecule has 28 heavy (non-hydrogen) atoms. The Morgan fingerprint density at radius 1 is 1.14 bits per heavy atom. The molecule has 0 aliphatic carbocycles. The highest BCUT2D eigenvalue weighted by Gasteiger charge is 2.29. The number of benzene rings is 1. The van der Waals surface area contributed by atoms with Crippen LogP contribution >= 0.6 is 0 Å². The van der Waals surface area contributed by atoms with Crippen LogP contribution < -0.4 is 20.9 Å². The van der Waals surface area contributed by atoms with Crippen LogP contribution in [0, 0.1) is 5.92 Å². The third-order valence-corrected chi connectivity index (χ3v) is 5.22. The van der Waals surface area contributed by atoms with E-state index in [1.807, 2.05) is 35.8 Å². The maximum atomic E-state index is 13.0. The number of hydrogen-bond donors (Lipinski definition) is 0. The van der Waals surface area contributed by atoms with E-state index in [1.54, 1.807) is 14.0 Å².